The van der Waals surface area contributed by atoms with Gasteiger partial charge in [-0.05, 0) is 41.5 Å². The molecule has 2 aromatic heterocycles. The Hall–Kier alpha value is -3.25. The minimum absolute atomic E-state index is 0.0496. The van der Waals surface area contributed by atoms with E-state index in [1.165, 1.54) is 0 Å². The first kappa shape index (κ1) is 18.1. The first-order chi connectivity index (χ1) is 13.8. The van der Waals surface area contributed by atoms with Crippen molar-refractivity contribution in [3.05, 3.63) is 78.4 Å². The standard InChI is InChI=1S/C22H21N3O3/c1-27-18-7-5-16(6-8-18)19-9-11-23-12-20(19)21-14-28-15-22(26)25(21)13-17-4-2-3-10-24-17/h2-12,21H,13-15H2,1H3. The van der Waals surface area contributed by atoms with Crippen molar-refractivity contribution in [1.82, 2.24) is 14.9 Å². The number of amides is 1. The van der Waals surface area contributed by atoms with Crippen LogP contribution in [0.15, 0.2) is 67.1 Å². The summed E-state index contributed by atoms with van der Waals surface area (Å²) >= 11 is 0. The summed E-state index contributed by atoms with van der Waals surface area (Å²) in [7, 11) is 1.65. The van der Waals surface area contributed by atoms with Gasteiger partial charge in [-0.15, -0.1) is 0 Å². The molecule has 1 saturated heterocycles. The molecule has 0 saturated carbocycles. The molecule has 0 radical (unpaired) electrons. The molecule has 6 heteroatoms. The van der Waals surface area contributed by atoms with Crippen LogP contribution in [0.4, 0.5) is 0 Å². The number of benzene rings is 1. The van der Waals surface area contributed by atoms with E-state index in [0.717, 1.165) is 28.1 Å². The van der Waals surface area contributed by atoms with Gasteiger partial charge in [-0.2, -0.15) is 0 Å². The topological polar surface area (TPSA) is 64.6 Å². The maximum absolute atomic E-state index is 12.6. The summed E-state index contributed by atoms with van der Waals surface area (Å²) in [5.41, 5.74) is 3.86. The van der Waals surface area contributed by atoms with Crippen molar-refractivity contribution in [2.24, 2.45) is 0 Å². The average Bonchev–Trinajstić information content (AvgIpc) is 2.76. The fourth-order valence-corrected chi connectivity index (χ4v) is 3.43. The number of pyridine rings is 2. The third-order valence-corrected chi connectivity index (χ3v) is 4.87. The molecule has 0 bridgehead atoms. The number of nitrogens with zero attached hydrogens (tertiary/aromatic N) is 3. The Kier molecular flexibility index (Phi) is 5.30. The second-order valence-electron chi connectivity index (χ2n) is 6.57. The van der Waals surface area contributed by atoms with Gasteiger partial charge < -0.3 is 14.4 Å². The predicted molar refractivity (Wildman–Crippen MR) is 105 cm³/mol. The van der Waals surface area contributed by atoms with Crippen LogP contribution in [0, 0.1) is 0 Å². The van der Waals surface area contributed by atoms with Crippen LogP contribution in [0.1, 0.15) is 17.3 Å². The van der Waals surface area contributed by atoms with E-state index in [1.54, 1.807) is 19.5 Å². The number of carbonyl (C=O) groups excluding carboxylic acids is 1. The molecule has 1 fully saturated rings. The summed E-state index contributed by atoms with van der Waals surface area (Å²) in [6, 6.07) is 15.3. The molecule has 1 unspecified atom stereocenters. The van der Waals surface area contributed by atoms with Crippen molar-refractivity contribution in [2.75, 3.05) is 20.3 Å². The number of aromatic nitrogens is 2. The van der Waals surface area contributed by atoms with Crippen molar-refractivity contribution in [3.63, 3.8) is 0 Å². The highest BCUT2D eigenvalue weighted by atomic mass is 16.5. The summed E-state index contributed by atoms with van der Waals surface area (Å²) in [6.45, 7) is 0.944. The molecule has 4 rings (SSSR count). The van der Waals surface area contributed by atoms with Crippen LogP contribution in [0.2, 0.25) is 0 Å². The lowest BCUT2D eigenvalue weighted by molar-refractivity contribution is -0.149. The monoisotopic (exact) mass is 375 g/mol. The van der Waals surface area contributed by atoms with Gasteiger partial charge in [0, 0.05) is 24.2 Å². The van der Waals surface area contributed by atoms with Gasteiger partial charge in [-0.25, -0.2) is 0 Å². The smallest absolute Gasteiger partial charge is 0.249 e. The molecule has 142 valence electrons. The lowest BCUT2D eigenvalue weighted by atomic mass is 9.95. The van der Waals surface area contributed by atoms with Gasteiger partial charge in [0.05, 0.1) is 32.0 Å². The van der Waals surface area contributed by atoms with Crippen molar-refractivity contribution in [1.29, 1.82) is 0 Å². The lowest BCUT2D eigenvalue weighted by Crippen LogP contribution is -2.44. The summed E-state index contributed by atoms with van der Waals surface area (Å²) < 4.78 is 10.8. The maximum Gasteiger partial charge on any atom is 0.249 e. The molecule has 1 amide bonds. The zero-order valence-corrected chi connectivity index (χ0v) is 15.6. The van der Waals surface area contributed by atoms with E-state index in [2.05, 4.69) is 9.97 Å². The lowest BCUT2D eigenvalue weighted by Gasteiger charge is -2.36. The highest BCUT2D eigenvalue weighted by Gasteiger charge is 2.32. The minimum atomic E-state index is -0.228. The zero-order chi connectivity index (χ0) is 19.3. The summed E-state index contributed by atoms with van der Waals surface area (Å²) in [5, 5.41) is 0. The van der Waals surface area contributed by atoms with Crippen LogP contribution in [-0.2, 0) is 16.1 Å². The van der Waals surface area contributed by atoms with Crippen LogP contribution >= 0.6 is 0 Å². The molecular formula is C22H21N3O3. The van der Waals surface area contributed by atoms with Crippen molar-refractivity contribution >= 4 is 5.91 Å². The van der Waals surface area contributed by atoms with E-state index in [1.807, 2.05) is 59.6 Å². The normalized spacial score (nSPS) is 16.8. The number of rotatable bonds is 5. The van der Waals surface area contributed by atoms with E-state index in [-0.39, 0.29) is 18.6 Å². The number of hydrogen-bond donors (Lipinski definition) is 0. The minimum Gasteiger partial charge on any atom is -0.497 e. The Morgan fingerprint density at radius 2 is 2.00 bits per heavy atom. The molecule has 0 N–H and O–H groups in total. The fourth-order valence-electron chi connectivity index (χ4n) is 3.43. The zero-order valence-electron chi connectivity index (χ0n) is 15.6. The van der Waals surface area contributed by atoms with E-state index < -0.39 is 0 Å². The second kappa shape index (κ2) is 8.19. The van der Waals surface area contributed by atoms with Gasteiger partial charge in [-0.3, -0.25) is 14.8 Å². The predicted octanol–water partition coefficient (Wildman–Crippen LogP) is 3.25. The van der Waals surface area contributed by atoms with E-state index in [0.29, 0.717) is 13.2 Å². The Morgan fingerprint density at radius 1 is 1.14 bits per heavy atom. The molecule has 3 aromatic rings. The second-order valence-corrected chi connectivity index (χ2v) is 6.57. The Bertz CT molecular complexity index is 945. The molecular weight excluding hydrogens is 354 g/mol. The number of carbonyl (C=O) groups is 1. The first-order valence-corrected chi connectivity index (χ1v) is 9.11. The van der Waals surface area contributed by atoms with Crippen LogP contribution in [0.3, 0.4) is 0 Å². The molecule has 1 atom stereocenters. The van der Waals surface area contributed by atoms with Gasteiger partial charge in [-0.1, -0.05) is 18.2 Å². The largest absolute Gasteiger partial charge is 0.497 e. The molecule has 1 aromatic carbocycles. The first-order valence-electron chi connectivity index (χ1n) is 9.11. The van der Waals surface area contributed by atoms with Gasteiger partial charge >= 0.3 is 0 Å². The van der Waals surface area contributed by atoms with Gasteiger partial charge in [0.1, 0.15) is 12.4 Å². The molecule has 1 aliphatic rings. The van der Waals surface area contributed by atoms with Gasteiger partial charge in [0.2, 0.25) is 5.91 Å². The molecule has 28 heavy (non-hydrogen) atoms. The molecule has 1 aliphatic heterocycles. The average molecular weight is 375 g/mol. The van der Waals surface area contributed by atoms with Crippen LogP contribution in [0.25, 0.3) is 11.1 Å². The van der Waals surface area contributed by atoms with Crippen molar-refractivity contribution in [3.8, 4) is 16.9 Å². The SMILES string of the molecule is COc1ccc(-c2ccncc2C2COCC(=O)N2Cc2ccccn2)cc1. The summed E-state index contributed by atoms with van der Waals surface area (Å²) in [6.07, 6.45) is 5.32. The highest BCUT2D eigenvalue weighted by molar-refractivity contribution is 5.79. The van der Waals surface area contributed by atoms with Gasteiger partial charge in [0.15, 0.2) is 0 Å². The summed E-state index contributed by atoms with van der Waals surface area (Å²) in [5.74, 6) is 0.749. The Morgan fingerprint density at radius 3 is 2.75 bits per heavy atom. The van der Waals surface area contributed by atoms with Crippen LogP contribution in [-0.4, -0.2) is 41.1 Å². The van der Waals surface area contributed by atoms with E-state index in [4.69, 9.17) is 9.47 Å². The Balaban J connectivity index is 1.70. The van der Waals surface area contributed by atoms with Gasteiger partial charge in [0.25, 0.3) is 0 Å². The van der Waals surface area contributed by atoms with Crippen molar-refractivity contribution in [2.45, 2.75) is 12.6 Å². The fraction of sp³-hybridized carbons (Fsp3) is 0.227. The van der Waals surface area contributed by atoms with Crippen LogP contribution < -0.4 is 4.74 Å². The van der Waals surface area contributed by atoms with E-state index in [9.17, 15) is 4.79 Å². The van der Waals surface area contributed by atoms with E-state index >= 15 is 0 Å². The maximum atomic E-state index is 12.6. The molecule has 0 aliphatic carbocycles. The number of ether oxygens (including phenoxy) is 2. The molecule has 0 spiro atoms. The Labute approximate surface area is 163 Å². The third kappa shape index (κ3) is 3.73. The molecule has 6 nitrogen and oxygen atoms in total. The van der Waals surface area contributed by atoms with Crippen molar-refractivity contribution < 1.29 is 14.3 Å². The number of hydrogen-bond acceptors (Lipinski definition) is 5. The number of morpholine rings is 1. The quantitative estimate of drug-likeness (QED) is 0.685. The number of methoxy groups -OCH3 is 1. The molecule has 3 heterocycles. The summed E-state index contributed by atoms with van der Waals surface area (Å²) in [4.78, 5) is 23.2. The highest BCUT2D eigenvalue weighted by Crippen LogP contribution is 2.34. The van der Waals surface area contributed by atoms with Crippen LogP contribution in [0.5, 0.6) is 5.75 Å². The third-order valence-electron chi connectivity index (χ3n) is 4.87.